The summed E-state index contributed by atoms with van der Waals surface area (Å²) in [5.74, 6) is 0. The molecule has 340 valence electrons. The summed E-state index contributed by atoms with van der Waals surface area (Å²) in [7, 11) is 0. The first kappa shape index (κ1) is 26.8. The molecule has 74 heavy (non-hydrogen) atoms. The first-order valence-corrected chi connectivity index (χ1v) is 24.8. The normalized spacial score (nSPS) is 15.6. The molecule has 0 saturated heterocycles. The highest BCUT2D eigenvalue weighted by Gasteiger charge is 2.34. The van der Waals surface area contributed by atoms with E-state index in [9.17, 15) is 28.3 Å². The molecule has 4 nitrogen and oxygen atoms in total. The molecule has 0 atom stereocenters. The van der Waals surface area contributed by atoms with Crippen LogP contribution in [-0.4, -0.2) is 9.13 Å². The van der Waals surface area contributed by atoms with Crippen molar-refractivity contribution in [2.24, 2.45) is 0 Å². The van der Waals surface area contributed by atoms with Gasteiger partial charge < -0.3 is 9.13 Å². The number of rotatable bonds is 5. The molecule has 0 bridgehead atoms. The van der Waals surface area contributed by atoms with Crippen LogP contribution in [0.25, 0.3) is 155 Å². The second-order valence-corrected chi connectivity index (χ2v) is 19.8. The molecule has 0 amide bonds. The maximum atomic E-state index is 12.6. The summed E-state index contributed by atoms with van der Waals surface area (Å²) in [6.45, 7) is 9.56. The van der Waals surface area contributed by atoms with E-state index in [-0.39, 0.29) is 126 Å². The molecule has 4 aromatic heterocycles. The molecule has 0 fully saturated rings. The minimum Gasteiger partial charge on any atom is -0.318 e. The Balaban J connectivity index is 1.29. The smallest absolute Gasteiger partial charge is 0.220 e. The van der Waals surface area contributed by atoms with Gasteiger partial charge in [-0.1, -0.05) is 188 Å². The number of hydrogen-bond donors (Lipinski definition) is 0. The standard InChI is InChI=1S/C68H36N4S2/c1-70-62-57(40-21-7-3-8-22-40)52(38-69)63(58(41-23-9-4-10-24-41)65(62)71-53-31-17-29-46-42-25-11-12-26-43(42)47-30-18-32-54(71)61(47)60(46)53)72-64-49(36-35-48-44-27-13-15-33-55(44)73-67(48)64)59-50(39-19-5-2-6-20-39)37-51-45-28-14-16-34-56(45)74-68(51)66(59)72/h2-37H/i2D,5D,6D,11D,12D,14D,16D,17D,18D,19D,20D,25D,26D,28D,29D,30D,31D,32D,34D. The first-order chi connectivity index (χ1) is 44.6. The highest BCUT2D eigenvalue weighted by atomic mass is 32.1. The van der Waals surface area contributed by atoms with Gasteiger partial charge in [-0.05, 0) is 74.1 Å². The van der Waals surface area contributed by atoms with Crippen LogP contribution in [0.4, 0.5) is 5.69 Å². The highest BCUT2D eigenvalue weighted by molar-refractivity contribution is 7.27. The van der Waals surface area contributed by atoms with Gasteiger partial charge in [0.2, 0.25) is 5.69 Å². The molecule has 16 aromatic rings. The molecule has 0 aliphatic heterocycles. The van der Waals surface area contributed by atoms with E-state index in [2.05, 4.69) is 10.9 Å². The van der Waals surface area contributed by atoms with Gasteiger partial charge in [-0.3, -0.25) is 0 Å². The average Bonchev–Trinajstić information content (AvgIpc) is 1.54. The molecule has 16 rings (SSSR count). The van der Waals surface area contributed by atoms with E-state index in [0.29, 0.717) is 25.9 Å². The van der Waals surface area contributed by atoms with Crippen LogP contribution in [0.3, 0.4) is 0 Å². The lowest BCUT2D eigenvalue weighted by molar-refractivity contribution is 1.14. The van der Waals surface area contributed by atoms with Crippen molar-refractivity contribution in [2.75, 3.05) is 0 Å². The molecule has 12 aromatic carbocycles. The Labute approximate surface area is 458 Å². The molecule has 0 N–H and O–H groups in total. The van der Waals surface area contributed by atoms with Crippen LogP contribution >= 0.6 is 22.7 Å². The van der Waals surface area contributed by atoms with Crippen LogP contribution in [-0.2, 0) is 0 Å². The summed E-state index contributed by atoms with van der Waals surface area (Å²) in [6.07, 6.45) is 0. The third-order valence-electron chi connectivity index (χ3n) is 14.2. The van der Waals surface area contributed by atoms with Gasteiger partial charge in [0.15, 0.2) is 0 Å². The van der Waals surface area contributed by atoms with Crippen LogP contribution in [0.2, 0.25) is 0 Å². The zero-order valence-corrected chi connectivity index (χ0v) is 39.6. The van der Waals surface area contributed by atoms with E-state index in [0.717, 1.165) is 26.8 Å². The number of aromatic nitrogens is 2. The SMILES string of the molecule is [2H]c1c([2H])c([2H])c(-c2cc3c(sc4c([2H])c([2H])c([2H])c([2H])c43)c3c2c2ccc4c5ccccc5sc4c2n3-c2c(C#N)c(-c3ccccc3)c([N+]#[C-])c(-n3c4c([2H])c([2H])c([2H])c5c6c([2H])c([2H])c([2H])c([2H])c6c6c([2H])c([2H])c([2H])c3c6c54)c2-c2ccccc2)c([2H])c1[2H]. The molecular weight excluding hydrogens is 937 g/mol. The minimum absolute atomic E-state index is 0.00380. The first-order valence-electron chi connectivity index (χ1n) is 32.7. The van der Waals surface area contributed by atoms with Gasteiger partial charge in [0, 0.05) is 63.6 Å². The lowest BCUT2D eigenvalue weighted by atomic mass is 9.88. The van der Waals surface area contributed by atoms with Crippen LogP contribution in [0, 0.1) is 17.9 Å². The summed E-state index contributed by atoms with van der Waals surface area (Å²) >= 11 is 2.40. The summed E-state index contributed by atoms with van der Waals surface area (Å²) in [5, 5.41) is 13.9. The fourth-order valence-corrected chi connectivity index (χ4v) is 13.7. The predicted molar refractivity (Wildman–Crippen MR) is 314 cm³/mol. The van der Waals surface area contributed by atoms with Gasteiger partial charge in [-0.2, -0.15) is 5.26 Å². The number of nitrogens with zero attached hydrogens (tertiary/aromatic N) is 4. The predicted octanol–water partition coefficient (Wildman–Crippen LogP) is 19.8. The van der Waals surface area contributed by atoms with Gasteiger partial charge >= 0.3 is 0 Å². The molecule has 0 saturated carbocycles. The quantitative estimate of drug-likeness (QED) is 0.125. The summed E-state index contributed by atoms with van der Waals surface area (Å²) in [6, 6.07) is 20.9. The number of benzene rings is 12. The second kappa shape index (κ2) is 15.5. The Kier molecular flexibility index (Phi) is 5.60. The molecule has 0 radical (unpaired) electrons. The molecular formula is C68H36N4S2. The average molecular weight is 992 g/mol. The molecule has 0 aliphatic rings. The van der Waals surface area contributed by atoms with E-state index in [1.54, 1.807) is 66.7 Å². The van der Waals surface area contributed by atoms with Gasteiger partial charge in [-0.15, -0.1) is 22.7 Å². The molecule has 0 spiro atoms. The third-order valence-corrected chi connectivity index (χ3v) is 16.5. The minimum atomic E-state index is -0.717. The van der Waals surface area contributed by atoms with Crippen molar-refractivity contribution in [1.29, 1.82) is 5.26 Å². The van der Waals surface area contributed by atoms with Crippen molar-refractivity contribution in [1.82, 2.24) is 9.13 Å². The van der Waals surface area contributed by atoms with Gasteiger partial charge in [0.05, 0.1) is 81.0 Å². The molecule has 6 heteroatoms. The maximum Gasteiger partial charge on any atom is 0.220 e. The Morgan fingerprint density at radius 1 is 0.446 bits per heavy atom. The second-order valence-electron chi connectivity index (χ2n) is 17.8. The van der Waals surface area contributed by atoms with E-state index in [4.69, 9.17) is 9.60 Å². The van der Waals surface area contributed by atoms with Crippen molar-refractivity contribution in [3.63, 3.8) is 0 Å². The Morgan fingerprint density at radius 3 is 1.72 bits per heavy atom. The Hall–Kier alpha value is -9.56. The lowest BCUT2D eigenvalue weighted by Crippen LogP contribution is -2.09. The third kappa shape index (κ3) is 5.43. The Bertz CT molecular complexity index is 6170. The number of thiophene rings is 2. The highest BCUT2D eigenvalue weighted by Crippen LogP contribution is 2.56. The monoisotopic (exact) mass is 991 g/mol. The van der Waals surface area contributed by atoms with E-state index >= 15 is 0 Å². The number of hydrogen-bond acceptors (Lipinski definition) is 3. The van der Waals surface area contributed by atoms with Crippen molar-refractivity contribution in [3.8, 4) is 50.8 Å². The van der Waals surface area contributed by atoms with Crippen LogP contribution in [0.5, 0.6) is 0 Å². The maximum absolute atomic E-state index is 12.6. The van der Waals surface area contributed by atoms with E-state index < -0.39 is 109 Å². The Morgan fingerprint density at radius 2 is 1.03 bits per heavy atom. The fourth-order valence-electron chi connectivity index (χ4n) is 11.4. The van der Waals surface area contributed by atoms with Crippen molar-refractivity contribution < 1.29 is 26.0 Å². The molecule has 4 heterocycles. The number of nitriles is 1. The van der Waals surface area contributed by atoms with Gasteiger partial charge in [0.25, 0.3) is 0 Å². The van der Waals surface area contributed by atoms with Crippen LogP contribution < -0.4 is 0 Å². The van der Waals surface area contributed by atoms with Crippen LogP contribution in [0.1, 0.15) is 31.6 Å². The topological polar surface area (TPSA) is 38.0 Å². The summed E-state index contributed by atoms with van der Waals surface area (Å²) < 4.78 is 184. The lowest BCUT2D eigenvalue weighted by Gasteiger charge is -2.26. The largest absolute Gasteiger partial charge is 0.318 e. The molecule has 0 aliphatic carbocycles. The van der Waals surface area contributed by atoms with E-state index in [1.165, 1.54) is 15.9 Å². The zero-order chi connectivity index (χ0) is 65.3. The van der Waals surface area contributed by atoms with Crippen molar-refractivity contribution in [3.05, 3.63) is 235 Å². The van der Waals surface area contributed by atoms with Gasteiger partial charge in [-0.25, -0.2) is 4.85 Å². The summed E-state index contributed by atoms with van der Waals surface area (Å²) in [4.78, 5) is 4.34. The summed E-state index contributed by atoms with van der Waals surface area (Å²) in [5.41, 5.74) is -0.0905. The van der Waals surface area contributed by atoms with Crippen molar-refractivity contribution >= 4 is 134 Å². The zero-order valence-electron chi connectivity index (χ0n) is 56.9. The van der Waals surface area contributed by atoms with Crippen molar-refractivity contribution in [2.45, 2.75) is 0 Å². The van der Waals surface area contributed by atoms with Crippen LogP contribution in [0.15, 0.2) is 218 Å². The fraction of sp³-hybridized carbons (Fsp3) is 0. The van der Waals surface area contributed by atoms with E-state index in [1.807, 2.05) is 41.0 Å². The van der Waals surface area contributed by atoms with Gasteiger partial charge in [0.1, 0.15) is 6.07 Å². The number of fused-ring (bicyclic) bond motifs is 14. The molecule has 0 unspecified atom stereocenters.